The van der Waals surface area contributed by atoms with Crippen molar-refractivity contribution in [2.45, 2.75) is 31.3 Å². The fraction of sp³-hybridized carbons (Fsp3) is 0.308. The van der Waals surface area contributed by atoms with Crippen LogP contribution in [0.15, 0.2) is 33.9 Å². The van der Waals surface area contributed by atoms with Crippen LogP contribution in [-0.2, 0) is 15.4 Å². The molecule has 0 aliphatic carbocycles. The number of hydrogen-bond donors (Lipinski definition) is 2. The Kier molecular flexibility index (Phi) is 3.66. The number of anilines is 1. The number of benzene rings is 1. The summed E-state index contributed by atoms with van der Waals surface area (Å²) in [4.78, 5) is 0. The largest absolute Gasteiger partial charge is 0.506 e. The lowest BCUT2D eigenvalue weighted by Gasteiger charge is -2.12. The smallest absolute Gasteiger partial charge is 0.298 e. The summed E-state index contributed by atoms with van der Waals surface area (Å²) in [6.07, 6.45) is 0. The monoisotopic (exact) mass is 314 g/mol. The molecule has 0 unspecified atom stereocenters. The summed E-state index contributed by atoms with van der Waals surface area (Å²) in [6, 6.07) is 4.22. The van der Waals surface area contributed by atoms with E-state index >= 15 is 0 Å². The zero-order valence-corrected chi connectivity index (χ0v) is 12.5. The van der Waals surface area contributed by atoms with Crippen LogP contribution in [0.2, 0.25) is 0 Å². The molecule has 2 aromatic rings. The highest BCUT2D eigenvalue weighted by atomic mass is 32.2. The molecule has 0 bridgehead atoms. The average molecular weight is 314 g/mol. The second kappa shape index (κ2) is 5.03. The third kappa shape index (κ3) is 3.33. The second-order valence-electron chi connectivity index (χ2n) is 5.55. The van der Waals surface area contributed by atoms with Crippen LogP contribution in [0.4, 0.5) is 10.1 Å². The normalized spacial score (nSPS) is 12.4. The highest BCUT2D eigenvalue weighted by molar-refractivity contribution is 7.92. The minimum Gasteiger partial charge on any atom is -0.506 e. The third-order valence-electron chi connectivity index (χ3n) is 2.72. The van der Waals surface area contributed by atoms with Gasteiger partial charge >= 0.3 is 0 Å². The number of rotatable bonds is 3. The molecule has 0 aliphatic rings. The van der Waals surface area contributed by atoms with E-state index in [9.17, 15) is 17.9 Å². The Morgan fingerprint density at radius 3 is 2.52 bits per heavy atom. The lowest BCUT2D eigenvalue weighted by molar-refractivity contribution is 0.327. The van der Waals surface area contributed by atoms with Gasteiger partial charge in [-0.15, -0.1) is 0 Å². The molecule has 1 aromatic heterocycles. The lowest BCUT2D eigenvalue weighted by Crippen LogP contribution is -2.13. The van der Waals surface area contributed by atoms with Crippen molar-refractivity contribution in [3.63, 3.8) is 0 Å². The highest BCUT2D eigenvalue weighted by Gasteiger charge is 2.26. The number of phenolic OH excluding ortho intramolecular Hbond substituents is 1. The van der Waals surface area contributed by atoms with Crippen LogP contribution in [0.5, 0.6) is 5.75 Å². The first-order valence-electron chi connectivity index (χ1n) is 6.08. The first-order chi connectivity index (χ1) is 9.59. The second-order valence-corrected chi connectivity index (χ2v) is 7.16. The van der Waals surface area contributed by atoms with Gasteiger partial charge in [-0.25, -0.2) is 4.39 Å². The standard InChI is InChI=1S/C13H15FN2O4S/c1-13(2,3)11-7-12(20-15-11)21(18,19)16-9-6-8(14)4-5-10(9)17/h4-7,16-17H,1-3H3. The molecular weight excluding hydrogens is 299 g/mol. The van der Waals surface area contributed by atoms with E-state index in [1.165, 1.54) is 6.07 Å². The van der Waals surface area contributed by atoms with E-state index in [-0.39, 0.29) is 11.1 Å². The van der Waals surface area contributed by atoms with Crippen LogP contribution in [0.25, 0.3) is 0 Å². The van der Waals surface area contributed by atoms with Crippen molar-refractivity contribution in [3.05, 3.63) is 35.8 Å². The van der Waals surface area contributed by atoms with E-state index in [0.29, 0.717) is 5.69 Å². The van der Waals surface area contributed by atoms with Crippen molar-refractivity contribution < 1.29 is 22.4 Å². The van der Waals surface area contributed by atoms with Crippen LogP contribution in [0, 0.1) is 5.82 Å². The van der Waals surface area contributed by atoms with Gasteiger partial charge in [-0.1, -0.05) is 25.9 Å². The van der Waals surface area contributed by atoms with Gasteiger partial charge in [0.05, 0.1) is 11.4 Å². The number of sulfonamides is 1. The summed E-state index contributed by atoms with van der Waals surface area (Å²) in [5, 5.41) is 12.8. The summed E-state index contributed by atoms with van der Waals surface area (Å²) in [5.41, 5.74) is -0.187. The molecule has 114 valence electrons. The van der Waals surface area contributed by atoms with Gasteiger partial charge in [0.15, 0.2) is 0 Å². The molecule has 0 radical (unpaired) electrons. The summed E-state index contributed by atoms with van der Waals surface area (Å²) < 4.78 is 44.2. The molecule has 0 saturated carbocycles. The fourth-order valence-electron chi connectivity index (χ4n) is 1.52. The number of aromatic hydroxyl groups is 1. The summed E-state index contributed by atoms with van der Waals surface area (Å²) in [5.74, 6) is -1.08. The first kappa shape index (κ1) is 15.3. The molecule has 0 amide bonds. The van der Waals surface area contributed by atoms with Crippen LogP contribution >= 0.6 is 0 Å². The van der Waals surface area contributed by atoms with Gasteiger partial charge in [0.2, 0.25) is 0 Å². The Morgan fingerprint density at radius 2 is 1.95 bits per heavy atom. The van der Waals surface area contributed by atoms with E-state index in [0.717, 1.165) is 18.2 Å². The maximum atomic E-state index is 13.1. The molecule has 0 atom stereocenters. The maximum Gasteiger partial charge on any atom is 0.298 e. The molecule has 21 heavy (non-hydrogen) atoms. The molecule has 1 heterocycles. The van der Waals surface area contributed by atoms with Gasteiger partial charge in [-0.2, -0.15) is 8.42 Å². The Morgan fingerprint density at radius 1 is 1.29 bits per heavy atom. The quantitative estimate of drug-likeness (QED) is 0.850. The minimum atomic E-state index is -4.10. The van der Waals surface area contributed by atoms with Crippen molar-refractivity contribution in [2.24, 2.45) is 0 Å². The number of aromatic nitrogens is 1. The first-order valence-corrected chi connectivity index (χ1v) is 7.56. The number of nitrogens with one attached hydrogen (secondary N) is 1. The Balaban J connectivity index is 2.35. The van der Waals surface area contributed by atoms with Gasteiger partial charge in [-0.05, 0) is 12.1 Å². The van der Waals surface area contributed by atoms with Crippen LogP contribution in [0.1, 0.15) is 26.5 Å². The van der Waals surface area contributed by atoms with E-state index in [4.69, 9.17) is 4.52 Å². The van der Waals surface area contributed by atoms with Gasteiger partial charge in [0.25, 0.3) is 15.1 Å². The van der Waals surface area contributed by atoms with Crippen molar-refractivity contribution in [3.8, 4) is 5.75 Å². The van der Waals surface area contributed by atoms with Crippen molar-refractivity contribution in [2.75, 3.05) is 4.72 Å². The minimum absolute atomic E-state index is 0.274. The maximum absolute atomic E-state index is 13.1. The lowest BCUT2D eigenvalue weighted by atomic mass is 9.93. The number of phenols is 1. The SMILES string of the molecule is CC(C)(C)c1cc(S(=O)(=O)Nc2cc(F)ccc2O)on1. The predicted octanol–water partition coefficient (Wildman–Crippen LogP) is 2.62. The van der Waals surface area contributed by atoms with Gasteiger partial charge in [0.1, 0.15) is 11.6 Å². The molecule has 2 N–H and O–H groups in total. The average Bonchev–Trinajstić information content (AvgIpc) is 2.83. The molecular formula is C13H15FN2O4S. The molecule has 0 spiro atoms. The van der Waals surface area contributed by atoms with Gasteiger partial charge < -0.3 is 9.63 Å². The van der Waals surface area contributed by atoms with Crippen molar-refractivity contribution in [1.29, 1.82) is 0 Å². The molecule has 0 aliphatic heterocycles. The van der Waals surface area contributed by atoms with Gasteiger partial charge in [0, 0.05) is 17.5 Å². The van der Waals surface area contributed by atoms with Crippen molar-refractivity contribution >= 4 is 15.7 Å². The van der Waals surface area contributed by atoms with Gasteiger partial charge in [-0.3, -0.25) is 4.72 Å². The van der Waals surface area contributed by atoms with Crippen LogP contribution in [0.3, 0.4) is 0 Å². The fourth-order valence-corrected chi connectivity index (χ4v) is 2.48. The van der Waals surface area contributed by atoms with Crippen LogP contribution < -0.4 is 4.72 Å². The number of nitrogens with zero attached hydrogens (tertiary/aromatic N) is 1. The number of halogens is 1. The Labute approximate surface area is 121 Å². The molecule has 1 aromatic carbocycles. The summed E-state index contributed by atoms with van der Waals surface area (Å²) >= 11 is 0. The molecule has 0 fully saturated rings. The third-order valence-corrected chi connectivity index (χ3v) is 3.94. The molecule has 0 saturated heterocycles. The Bertz CT molecular complexity index is 763. The predicted molar refractivity (Wildman–Crippen MR) is 74.1 cm³/mol. The van der Waals surface area contributed by atoms with E-state index in [1.807, 2.05) is 20.8 Å². The molecule has 2 rings (SSSR count). The van der Waals surface area contributed by atoms with E-state index in [1.54, 1.807) is 0 Å². The molecule has 6 nitrogen and oxygen atoms in total. The number of hydrogen-bond acceptors (Lipinski definition) is 5. The van der Waals surface area contributed by atoms with Crippen LogP contribution in [-0.4, -0.2) is 18.7 Å². The topological polar surface area (TPSA) is 92.4 Å². The zero-order valence-electron chi connectivity index (χ0n) is 11.7. The zero-order chi connectivity index (χ0) is 15.8. The Hall–Kier alpha value is -2.09. The summed E-state index contributed by atoms with van der Waals surface area (Å²) in [7, 11) is -4.10. The molecule has 8 heteroatoms. The van der Waals surface area contributed by atoms with E-state index < -0.39 is 26.7 Å². The van der Waals surface area contributed by atoms with Crippen molar-refractivity contribution in [1.82, 2.24) is 5.16 Å². The van der Waals surface area contributed by atoms with E-state index in [2.05, 4.69) is 9.88 Å². The highest BCUT2D eigenvalue weighted by Crippen LogP contribution is 2.28. The summed E-state index contributed by atoms with van der Waals surface area (Å²) in [6.45, 7) is 5.56.